The molecule has 0 atom stereocenters. The maximum absolute atomic E-state index is 12.2. The van der Waals surface area contributed by atoms with Gasteiger partial charge in [0.2, 0.25) is 0 Å². The molecule has 2 heterocycles. The van der Waals surface area contributed by atoms with Crippen molar-refractivity contribution in [2.75, 3.05) is 38.5 Å². The van der Waals surface area contributed by atoms with Crippen LogP contribution in [-0.2, 0) is 6.54 Å². The normalized spacial score (nSPS) is 16.4. The monoisotopic (exact) mass is 376 g/mol. The summed E-state index contributed by atoms with van der Waals surface area (Å²) in [5.74, 6) is -0.132. The summed E-state index contributed by atoms with van der Waals surface area (Å²) >= 11 is 3.34. The summed E-state index contributed by atoms with van der Waals surface area (Å²) in [6.07, 6.45) is 1.75. The topological polar surface area (TPSA) is 51.4 Å². The number of nitrogens with one attached hydrogen (secondary N) is 2. The van der Waals surface area contributed by atoms with Crippen LogP contribution in [0.3, 0.4) is 0 Å². The Morgan fingerprint density at radius 3 is 2.74 bits per heavy atom. The summed E-state index contributed by atoms with van der Waals surface area (Å²) in [6, 6.07) is 9.84. The predicted octanol–water partition coefficient (Wildman–Crippen LogP) is 2.78. The van der Waals surface area contributed by atoms with Crippen molar-refractivity contribution < 1.29 is 4.79 Å². The van der Waals surface area contributed by atoms with Gasteiger partial charge in [-0.1, -0.05) is 12.1 Å². The first kappa shape index (κ1) is 16.2. The van der Waals surface area contributed by atoms with Crippen LogP contribution in [0, 0.1) is 0 Å². The minimum absolute atomic E-state index is 0.132. The van der Waals surface area contributed by atoms with Crippen LogP contribution in [0.4, 0.5) is 5.69 Å². The highest BCUT2D eigenvalue weighted by molar-refractivity contribution is 9.10. The number of aromatic amines is 1. The molecule has 1 aromatic heterocycles. The lowest BCUT2D eigenvalue weighted by Crippen LogP contribution is -2.43. The number of carbonyl (C=O) groups excluding carboxylic acids is 1. The van der Waals surface area contributed by atoms with E-state index in [1.54, 1.807) is 12.3 Å². The summed E-state index contributed by atoms with van der Waals surface area (Å²) in [6.45, 7) is 5.31. The Kier molecular flexibility index (Phi) is 5.15. The Hall–Kier alpha value is -1.63. The quantitative estimate of drug-likeness (QED) is 0.862. The van der Waals surface area contributed by atoms with Crippen LogP contribution < -0.4 is 5.32 Å². The fourth-order valence-electron chi connectivity index (χ4n) is 2.71. The average Bonchev–Trinajstić information content (AvgIpc) is 2.97. The molecule has 3 rings (SSSR count). The number of nitrogens with zero attached hydrogens (tertiary/aromatic N) is 2. The molecular weight excluding hydrogens is 356 g/mol. The lowest BCUT2D eigenvalue weighted by atomic mass is 10.1. The summed E-state index contributed by atoms with van der Waals surface area (Å²) in [5.41, 5.74) is 2.59. The first-order valence-corrected chi connectivity index (χ1v) is 8.54. The van der Waals surface area contributed by atoms with E-state index in [0.717, 1.165) is 42.9 Å². The predicted molar refractivity (Wildman–Crippen MR) is 95.7 cm³/mol. The van der Waals surface area contributed by atoms with Crippen LogP contribution in [0.1, 0.15) is 16.1 Å². The Balaban J connectivity index is 1.62. The van der Waals surface area contributed by atoms with Crippen LogP contribution in [0.15, 0.2) is 41.0 Å². The number of anilines is 1. The molecule has 122 valence electrons. The second-order valence-corrected chi connectivity index (χ2v) is 6.88. The molecular formula is C17H21BrN4O. The maximum Gasteiger partial charge on any atom is 0.272 e. The van der Waals surface area contributed by atoms with Crippen molar-refractivity contribution in [3.63, 3.8) is 0 Å². The van der Waals surface area contributed by atoms with Crippen molar-refractivity contribution in [1.82, 2.24) is 14.8 Å². The van der Waals surface area contributed by atoms with Crippen LogP contribution in [-0.4, -0.2) is 53.9 Å². The third kappa shape index (κ3) is 4.43. The lowest BCUT2D eigenvalue weighted by Gasteiger charge is -2.32. The summed E-state index contributed by atoms with van der Waals surface area (Å²) in [5, 5.41) is 2.94. The molecule has 23 heavy (non-hydrogen) atoms. The molecule has 1 aliphatic heterocycles. The highest BCUT2D eigenvalue weighted by Gasteiger charge is 2.14. The van der Waals surface area contributed by atoms with Crippen molar-refractivity contribution >= 4 is 27.5 Å². The molecule has 1 aliphatic rings. The van der Waals surface area contributed by atoms with E-state index >= 15 is 0 Å². The Morgan fingerprint density at radius 2 is 2.04 bits per heavy atom. The number of rotatable bonds is 4. The minimum Gasteiger partial charge on any atom is -0.356 e. The minimum atomic E-state index is -0.132. The molecule has 0 unspecified atom stereocenters. The summed E-state index contributed by atoms with van der Waals surface area (Å²) in [4.78, 5) is 19.9. The van der Waals surface area contributed by atoms with E-state index in [-0.39, 0.29) is 5.91 Å². The standard InChI is InChI=1S/C17H21BrN4O/c1-21-5-7-22(8-6-21)12-13-3-2-4-15(9-13)20-17(23)16-10-14(18)11-19-16/h2-4,9-11,19H,5-8,12H2,1H3,(H,20,23). The van der Waals surface area contributed by atoms with E-state index < -0.39 is 0 Å². The van der Waals surface area contributed by atoms with Gasteiger partial charge in [-0.2, -0.15) is 0 Å². The molecule has 0 bridgehead atoms. The summed E-state index contributed by atoms with van der Waals surface area (Å²) < 4.78 is 0.867. The van der Waals surface area contributed by atoms with Gasteiger partial charge in [0.25, 0.3) is 5.91 Å². The Morgan fingerprint density at radius 1 is 1.26 bits per heavy atom. The molecule has 1 aromatic carbocycles. The van der Waals surface area contributed by atoms with Crippen molar-refractivity contribution in [3.8, 4) is 0 Å². The van der Waals surface area contributed by atoms with E-state index in [4.69, 9.17) is 0 Å². The molecule has 0 spiro atoms. The van der Waals surface area contributed by atoms with Crippen molar-refractivity contribution in [2.45, 2.75) is 6.54 Å². The maximum atomic E-state index is 12.2. The third-order valence-electron chi connectivity index (χ3n) is 4.08. The Bertz CT molecular complexity index is 677. The van der Waals surface area contributed by atoms with Gasteiger partial charge in [0.1, 0.15) is 5.69 Å². The van der Waals surface area contributed by atoms with Crippen molar-refractivity contribution in [2.24, 2.45) is 0 Å². The van der Waals surface area contributed by atoms with Gasteiger partial charge in [0.05, 0.1) is 0 Å². The molecule has 0 saturated carbocycles. The third-order valence-corrected chi connectivity index (χ3v) is 4.54. The van der Waals surface area contributed by atoms with Crippen molar-refractivity contribution in [1.29, 1.82) is 0 Å². The number of likely N-dealkylation sites (N-methyl/N-ethyl adjacent to an activating group) is 1. The molecule has 5 nitrogen and oxygen atoms in total. The van der Waals surface area contributed by atoms with E-state index in [1.165, 1.54) is 5.56 Å². The molecule has 0 radical (unpaired) electrons. The molecule has 2 aromatic rings. The number of carbonyl (C=O) groups is 1. The van der Waals surface area contributed by atoms with Gasteiger partial charge in [-0.15, -0.1) is 0 Å². The smallest absolute Gasteiger partial charge is 0.272 e. The largest absolute Gasteiger partial charge is 0.356 e. The molecule has 1 amide bonds. The fraction of sp³-hybridized carbons (Fsp3) is 0.353. The first-order chi connectivity index (χ1) is 11.1. The van der Waals surface area contributed by atoms with E-state index in [1.807, 2.05) is 18.2 Å². The number of amides is 1. The van der Waals surface area contributed by atoms with Gasteiger partial charge in [-0.25, -0.2) is 0 Å². The Labute approximate surface area is 144 Å². The van der Waals surface area contributed by atoms with Crippen LogP contribution in [0.5, 0.6) is 0 Å². The fourth-order valence-corrected chi connectivity index (χ4v) is 3.05. The zero-order chi connectivity index (χ0) is 16.2. The zero-order valence-electron chi connectivity index (χ0n) is 13.2. The molecule has 0 aliphatic carbocycles. The molecule has 1 fully saturated rings. The number of hydrogen-bond donors (Lipinski definition) is 2. The van der Waals surface area contributed by atoms with Gasteiger partial charge in [0.15, 0.2) is 0 Å². The van der Waals surface area contributed by atoms with Gasteiger partial charge in [0, 0.05) is 49.1 Å². The highest BCUT2D eigenvalue weighted by Crippen LogP contribution is 2.16. The zero-order valence-corrected chi connectivity index (χ0v) is 14.8. The van der Waals surface area contributed by atoms with Crippen LogP contribution in [0.2, 0.25) is 0 Å². The van der Waals surface area contributed by atoms with E-state index in [0.29, 0.717) is 5.69 Å². The number of benzene rings is 1. The number of halogens is 1. The van der Waals surface area contributed by atoms with E-state index in [9.17, 15) is 4.79 Å². The highest BCUT2D eigenvalue weighted by atomic mass is 79.9. The number of hydrogen-bond acceptors (Lipinski definition) is 3. The van der Waals surface area contributed by atoms with Crippen LogP contribution >= 0.6 is 15.9 Å². The lowest BCUT2D eigenvalue weighted by molar-refractivity contribution is 0.102. The second-order valence-electron chi connectivity index (χ2n) is 5.97. The SMILES string of the molecule is CN1CCN(Cc2cccc(NC(=O)c3cc(Br)c[nH]3)c2)CC1. The van der Waals surface area contributed by atoms with E-state index in [2.05, 4.69) is 49.1 Å². The van der Waals surface area contributed by atoms with Crippen molar-refractivity contribution in [3.05, 3.63) is 52.3 Å². The first-order valence-electron chi connectivity index (χ1n) is 7.75. The number of aromatic nitrogens is 1. The molecule has 6 heteroatoms. The summed E-state index contributed by atoms with van der Waals surface area (Å²) in [7, 11) is 2.16. The molecule has 1 saturated heterocycles. The van der Waals surface area contributed by atoms with Gasteiger partial charge in [-0.05, 0) is 46.7 Å². The average molecular weight is 377 g/mol. The number of H-pyrrole nitrogens is 1. The van der Waals surface area contributed by atoms with Gasteiger partial charge in [-0.3, -0.25) is 9.69 Å². The van der Waals surface area contributed by atoms with Gasteiger partial charge < -0.3 is 15.2 Å². The second kappa shape index (κ2) is 7.29. The van der Waals surface area contributed by atoms with Gasteiger partial charge >= 0.3 is 0 Å². The molecule has 2 N–H and O–H groups in total. The van der Waals surface area contributed by atoms with Crippen LogP contribution in [0.25, 0.3) is 0 Å². The number of piperazine rings is 1.